The van der Waals surface area contributed by atoms with E-state index in [2.05, 4.69) is 51.7 Å². The smallest absolute Gasteiger partial charge is 0.0449 e. The predicted molar refractivity (Wildman–Crippen MR) is 67.1 cm³/mol. The van der Waals surface area contributed by atoms with Crippen LogP contribution in [0.15, 0.2) is 22.7 Å². The lowest BCUT2D eigenvalue weighted by atomic mass is 9.94. The molecule has 0 amide bonds. The summed E-state index contributed by atoms with van der Waals surface area (Å²) in [7, 11) is 0. The van der Waals surface area contributed by atoms with Crippen LogP contribution in [-0.4, -0.2) is 19.6 Å². The van der Waals surface area contributed by atoms with Crippen LogP contribution >= 0.6 is 15.9 Å². The van der Waals surface area contributed by atoms with Gasteiger partial charge in [0.25, 0.3) is 0 Å². The SMILES string of the molecule is CCNCC1NCCc2cc(Br)ccc21. The molecule has 1 aromatic rings. The van der Waals surface area contributed by atoms with Crippen molar-refractivity contribution in [3.8, 4) is 0 Å². The van der Waals surface area contributed by atoms with Crippen molar-refractivity contribution < 1.29 is 0 Å². The van der Waals surface area contributed by atoms with Crippen molar-refractivity contribution in [1.29, 1.82) is 0 Å². The maximum Gasteiger partial charge on any atom is 0.0449 e. The lowest BCUT2D eigenvalue weighted by Crippen LogP contribution is -2.36. The average Bonchev–Trinajstić information content (AvgIpc) is 2.25. The zero-order valence-electron chi connectivity index (χ0n) is 9.02. The molecule has 0 aromatic heterocycles. The van der Waals surface area contributed by atoms with Crippen LogP contribution in [0.3, 0.4) is 0 Å². The standard InChI is InChI=1S/C12H17BrN2/c1-2-14-8-12-11-4-3-10(13)7-9(11)5-6-15-12/h3-4,7,12,14-15H,2,5-6,8H2,1H3. The maximum atomic E-state index is 3.55. The molecule has 1 atom stereocenters. The van der Waals surface area contributed by atoms with Gasteiger partial charge in [0.2, 0.25) is 0 Å². The summed E-state index contributed by atoms with van der Waals surface area (Å²) in [6.45, 7) is 5.28. The second kappa shape index (κ2) is 5.10. The fourth-order valence-corrected chi connectivity index (χ4v) is 2.50. The number of hydrogen-bond acceptors (Lipinski definition) is 2. The van der Waals surface area contributed by atoms with Crippen LogP contribution in [0.25, 0.3) is 0 Å². The summed E-state index contributed by atoms with van der Waals surface area (Å²) in [5.41, 5.74) is 2.93. The highest BCUT2D eigenvalue weighted by atomic mass is 79.9. The van der Waals surface area contributed by atoms with E-state index in [1.807, 2.05) is 0 Å². The van der Waals surface area contributed by atoms with Gasteiger partial charge < -0.3 is 10.6 Å². The van der Waals surface area contributed by atoms with E-state index in [9.17, 15) is 0 Å². The Morgan fingerprint density at radius 1 is 1.53 bits per heavy atom. The third kappa shape index (κ3) is 2.60. The summed E-state index contributed by atoms with van der Waals surface area (Å²) in [6.07, 6.45) is 1.14. The van der Waals surface area contributed by atoms with E-state index in [0.717, 1.165) is 26.1 Å². The summed E-state index contributed by atoms with van der Waals surface area (Å²) in [5.74, 6) is 0. The molecule has 82 valence electrons. The van der Waals surface area contributed by atoms with Crippen molar-refractivity contribution in [2.45, 2.75) is 19.4 Å². The molecule has 0 spiro atoms. The first-order valence-corrected chi connectivity index (χ1v) is 6.33. The van der Waals surface area contributed by atoms with E-state index < -0.39 is 0 Å². The van der Waals surface area contributed by atoms with Gasteiger partial charge in [0, 0.05) is 17.1 Å². The molecule has 0 saturated heterocycles. The Morgan fingerprint density at radius 3 is 3.20 bits per heavy atom. The number of fused-ring (bicyclic) bond motifs is 1. The van der Waals surface area contributed by atoms with Crippen LogP contribution in [0, 0.1) is 0 Å². The van der Waals surface area contributed by atoms with Gasteiger partial charge in [-0.15, -0.1) is 0 Å². The molecule has 1 unspecified atom stereocenters. The molecule has 0 bridgehead atoms. The molecule has 1 aliphatic rings. The minimum atomic E-state index is 0.474. The summed E-state index contributed by atoms with van der Waals surface area (Å²) < 4.78 is 1.19. The molecule has 0 fully saturated rings. The summed E-state index contributed by atoms with van der Waals surface area (Å²) in [6, 6.07) is 7.08. The monoisotopic (exact) mass is 268 g/mol. The van der Waals surface area contributed by atoms with Crippen LogP contribution in [-0.2, 0) is 6.42 Å². The fraction of sp³-hybridized carbons (Fsp3) is 0.500. The molecule has 0 aliphatic carbocycles. The number of rotatable bonds is 3. The van der Waals surface area contributed by atoms with Gasteiger partial charge in [-0.1, -0.05) is 28.9 Å². The highest BCUT2D eigenvalue weighted by Gasteiger charge is 2.18. The number of hydrogen-bond donors (Lipinski definition) is 2. The Labute approximate surface area is 99.6 Å². The van der Waals surface area contributed by atoms with Gasteiger partial charge in [0.15, 0.2) is 0 Å². The molecule has 2 rings (SSSR count). The first-order valence-electron chi connectivity index (χ1n) is 5.53. The van der Waals surface area contributed by atoms with Crippen LogP contribution < -0.4 is 10.6 Å². The second-order valence-corrected chi connectivity index (χ2v) is 4.82. The van der Waals surface area contributed by atoms with Crippen LogP contribution in [0.4, 0.5) is 0 Å². The fourth-order valence-electron chi connectivity index (χ4n) is 2.09. The van der Waals surface area contributed by atoms with Gasteiger partial charge in [-0.25, -0.2) is 0 Å². The van der Waals surface area contributed by atoms with E-state index in [1.165, 1.54) is 15.6 Å². The van der Waals surface area contributed by atoms with E-state index in [1.54, 1.807) is 0 Å². The number of likely N-dealkylation sites (N-methyl/N-ethyl adjacent to an activating group) is 1. The molecule has 2 N–H and O–H groups in total. The maximum absolute atomic E-state index is 3.55. The molecule has 15 heavy (non-hydrogen) atoms. The Morgan fingerprint density at radius 2 is 2.40 bits per heavy atom. The van der Waals surface area contributed by atoms with E-state index in [4.69, 9.17) is 0 Å². The highest BCUT2D eigenvalue weighted by Crippen LogP contribution is 2.25. The predicted octanol–water partition coefficient (Wildman–Crippen LogP) is 2.25. The third-order valence-electron chi connectivity index (χ3n) is 2.86. The number of halogens is 1. The Kier molecular flexibility index (Phi) is 3.78. The quantitative estimate of drug-likeness (QED) is 0.879. The first kappa shape index (κ1) is 11.1. The van der Waals surface area contributed by atoms with E-state index >= 15 is 0 Å². The lowest BCUT2D eigenvalue weighted by molar-refractivity contribution is 0.474. The van der Waals surface area contributed by atoms with Crippen molar-refractivity contribution in [2.24, 2.45) is 0 Å². The van der Waals surface area contributed by atoms with Crippen molar-refractivity contribution in [1.82, 2.24) is 10.6 Å². The normalized spacial score (nSPS) is 20.0. The molecule has 2 nitrogen and oxygen atoms in total. The molecule has 3 heteroatoms. The van der Waals surface area contributed by atoms with E-state index in [-0.39, 0.29) is 0 Å². The van der Waals surface area contributed by atoms with Crippen LogP contribution in [0.2, 0.25) is 0 Å². The Balaban J connectivity index is 2.18. The van der Waals surface area contributed by atoms with Gasteiger partial charge in [-0.05, 0) is 42.8 Å². The van der Waals surface area contributed by atoms with Crippen molar-refractivity contribution in [3.05, 3.63) is 33.8 Å². The van der Waals surface area contributed by atoms with Gasteiger partial charge in [0.1, 0.15) is 0 Å². The zero-order chi connectivity index (χ0) is 10.7. The average molecular weight is 269 g/mol. The van der Waals surface area contributed by atoms with Gasteiger partial charge in [-0.2, -0.15) is 0 Å². The van der Waals surface area contributed by atoms with Crippen molar-refractivity contribution >= 4 is 15.9 Å². The van der Waals surface area contributed by atoms with Gasteiger partial charge in [0.05, 0.1) is 0 Å². The molecular weight excluding hydrogens is 252 g/mol. The third-order valence-corrected chi connectivity index (χ3v) is 3.36. The van der Waals surface area contributed by atoms with Crippen molar-refractivity contribution in [2.75, 3.05) is 19.6 Å². The minimum absolute atomic E-state index is 0.474. The van der Waals surface area contributed by atoms with Crippen LogP contribution in [0.5, 0.6) is 0 Å². The Bertz CT molecular complexity index is 338. The van der Waals surface area contributed by atoms with Crippen LogP contribution in [0.1, 0.15) is 24.1 Å². The summed E-state index contributed by atoms with van der Waals surface area (Å²) in [5, 5.41) is 6.95. The van der Waals surface area contributed by atoms with E-state index in [0.29, 0.717) is 6.04 Å². The summed E-state index contributed by atoms with van der Waals surface area (Å²) in [4.78, 5) is 0. The topological polar surface area (TPSA) is 24.1 Å². The molecule has 0 radical (unpaired) electrons. The highest BCUT2D eigenvalue weighted by molar-refractivity contribution is 9.10. The molecule has 1 aliphatic heterocycles. The first-order chi connectivity index (χ1) is 7.31. The van der Waals surface area contributed by atoms with Gasteiger partial charge in [-0.3, -0.25) is 0 Å². The zero-order valence-corrected chi connectivity index (χ0v) is 10.6. The molecule has 1 heterocycles. The summed E-state index contributed by atoms with van der Waals surface area (Å²) >= 11 is 3.53. The molecule has 0 saturated carbocycles. The number of benzene rings is 1. The molecule has 1 aromatic carbocycles. The van der Waals surface area contributed by atoms with Crippen molar-refractivity contribution in [3.63, 3.8) is 0 Å². The molecular formula is C12H17BrN2. The largest absolute Gasteiger partial charge is 0.315 e. The number of nitrogens with one attached hydrogen (secondary N) is 2. The second-order valence-electron chi connectivity index (χ2n) is 3.91. The Hall–Kier alpha value is -0.380. The lowest BCUT2D eigenvalue weighted by Gasteiger charge is -2.27. The van der Waals surface area contributed by atoms with Gasteiger partial charge >= 0.3 is 0 Å². The minimum Gasteiger partial charge on any atom is -0.315 e.